The van der Waals surface area contributed by atoms with Gasteiger partial charge >= 0.3 is 12.6 Å². The Kier molecular flexibility index (Phi) is 13.4. The summed E-state index contributed by atoms with van der Waals surface area (Å²) in [5.41, 5.74) is 0.834. The van der Waals surface area contributed by atoms with Gasteiger partial charge in [-0.2, -0.15) is 8.78 Å². The molecule has 1 aliphatic carbocycles. The lowest BCUT2D eigenvalue weighted by atomic mass is 10.0. The van der Waals surface area contributed by atoms with E-state index in [-0.39, 0.29) is 63.8 Å². The highest BCUT2D eigenvalue weighted by Gasteiger charge is 2.38. The third-order valence-corrected chi connectivity index (χ3v) is 10.8. The zero-order valence-corrected chi connectivity index (χ0v) is 32.5. The van der Waals surface area contributed by atoms with Crippen LogP contribution in [0.1, 0.15) is 50.8 Å². The Hall–Kier alpha value is -4.09. The number of pyridine rings is 1. The van der Waals surface area contributed by atoms with Crippen LogP contribution < -0.4 is 18.8 Å². The number of sulfonamides is 1. The van der Waals surface area contributed by atoms with Gasteiger partial charge in [-0.1, -0.05) is 29.3 Å². The summed E-state index contributed by atoms with van der Waals surface area (Å²) in [6, 6.07) is 8.25. The van der Waals surface area contributed by atoms with E-state index in [2.05, 4.69) is 9.72 Å². The number of carbonyl (C=O) groups is 3. The second-order valence-electron chi connectivity index (χ2n) is 13.5. The predicted octanol–water partition coefficient (Wildman–Crippen LogP) is 4.58. The normalized spacial score (nSPS) is 14.9. The molecule has 2 aromatic carbocycles. The molecule has 2 heterocycles. The average Bonchev–Trinajstić information content (AvgIpc) is 3.90. The molecule has 1 atom stereocenters. The molecule has 3 aromatic rings. The first-order valence-corrected chi connectivity index (χ1v) is 19.7. The third kappa shape index (κ3) is 10.6. The Morgan fingerprint density at radius 3 is 2.24 bits per heavy atom. The summed E-state index contributed by atoms with van der Waals surface area (Å²) in [6.45, 7) is -1.66. The van der Waals surface area contributed by atoms with Crippen molar-refractivity contribution < 1.29 is 50.8 Å². The number of hydrogen-bond acceptors (Lipinski definition) is 10. The second-order valence-corrected chi connectivity index (χ2v) is 16.2. The van der Waals surface area contributed by atoms with Crippen LogP contribution in [0.2, 0.25) is 10.0 Å². The number of nitrogens with one attached hydrogen (secondary N) is 1. The van der Waals surface area contributed by atoms with E-state index in [1.807, 2.05) is 30.9 Å². The summed E-state index contributed by atoms with van der Waals surface area (Å²) in [6.07, 6.45) is 4.68. The maximum absolute atomic E-state index is 13.6. The van der Waals surface area contributed by atoms with E-state index in [0.717, 1.165) is 34.8 Å². The van der Waals surface area contributed by atoms with Gasteiger partial charge in [-0.3, -0.25) is 23.6 Å². The molecule has 0 saturated heterocycles. The summed E-state index contributed by atoms with van der Waals surface area (Å²) >= 11 is 12.9. The van der Waals surface area contributed by atoms with Crippen molar-refractivity contribution in [3.63, 3.8) is 0 Å². The number of amides is 2. The monoisotopic (exact) mass is 812 g/mol. The van der Waals surface area contributed by atoms with Crippen molar-refractivity contribution in [2.24, 2.45) is 5.92 Å². The van der Waals surface area contributed by atoms with Crippen LogP contribution in [0.5, 0.6) is 11.5 Å². The lowest BCUT2D eigenvalue weighted by Crippen LogP contribution is -2.39. The highest BCUT2D eigenvalue weighted by Crippen LogP contribution is 2.38. The number of nitrogens with zero attached hydrogens (tertiary/aromatic N) is 4. The van der Waals surface area contributed by atoms with Gasteiger partial charge in [0, 0.05) is 38.2 Å². The fourth-order valence-corrected chi connectivity index (χ4v) is 7.18. The summed E-state index contributed by atoms with van der Waals surface area (Å²) in [7, 11) is 1.97. The third-order valence-electron chi connectivity index (χ3n) is 8.93. The number of carbonyl (C=O) groups excluding carboxylic acids is 3. The van der Waals surface area contributed by atoms with Crippen LogP contribution in [-0.4, -0.2) is 114 Å². The minimum atomic E-state index is -3.78. The molecule has 1 N–H and O–H groups in total. The molecule has 1 aromatic heterocycles. The number of hydrogen-bond donors (Lipinski definition) is 0. The maximum atomic E-state index is 13.6. The number of ether oxygens (including phenoxy) is 3. The molecular formula is C36H42Cl2F2N5O8S+. The number of H-pyrrole nitrogens is 1. The number of esters is 1. The first-order valence-electron chi connectivity index (χ1n) is 17.1. The summed E-state index contributed by atoms with van der Waals surface area (Å²) in [4.78, 5) is 48.1. The number of anilines is 1. The number of rotatable bonds is 19. The van der Waals surface area contributed by atoms with Gasteiger partial charge in [-0.15, -0.1) is 0 Å². The lowest BCUT2D eigenvalue weighted by molar-refractivity contribution is -0.377. The number of alkyl halides is 2. The SMILES string of the molecule is CN(C)CCN(C)CCN(c1ccc2c(c1)C(=O)N(CC(=O)O[C@@H](Cc1c(Cl)c[nH+]cc1Cl)c1ccc(OC(F)F)c(OCC3CC3)c1)C2=O)S(C)(=O)=O. The number of halogens is 4. The zero-order chi connectivity index (χ0) is 39.3. The summed E-state index contributed by atoms with van der Waals surface area (Å²) < 4.78 is 69.6. The maximum Gasteiger partial charge on any atom is 0.387 e. The summed E-state index contributed by atoms with van der Waals surface area (Å²) in [5.74, 6) is -2.46. The van der Waals surface area contributed by atoms with Crippen molar-refractivity contribution >= 4 is 56.7 Å². The van der Waals surface area contributed by atoms with Gasteiger partial charge in [0.1, 0.15) is 22.7 Å². The Balaban J connectivity index is 1.36. The number of aromatic amines is 1. The lowest BCUT2D eigenvalue weighted by Gasteiger charge is -2.26. The molecular weight excluding hydrogens is 771 g/mol. The first kappa shape index (κ1) is 41.1. The molecule has 292 valence electrons. The van der Waals surface area contributed by atoms with Gasteiger partial charge in [0.25, 0.3) is 11.8 Å². The van der Waals surface area contributed by atoms with E-state index in [0.29, 0.717) is 24.2 Å². The molecule has 0 radical (unpaired) electrons. The Morgan fingerprint density at radius 2 is 1.61 bits per heavy atom. The van der Waals surface area contributed by atoms with Gasteiger partial charge in [-0.25, -0.2) is 13.4 Å². The van der Waals surface area contributed by atoms with Crippen LogP contribution in [0.3, 0.4) is 0 Å². The van der Waals surface area contributed by atoms with Crippen LogP contribution >= 0.6 is 23.2 Å². The van der Waals surface area contributed by atoms with Gasteiger partial charge in [0.2, 0.25) is 10.0 Å². The predicted molar refractivity (Wildman–Crippen MR) is 197 cm³/mol. The van der Waals surface area contributed by atoms with Gasteiger partial charge in [-0.05, 0) is 75.8 Å². The molecule has 1 fully saturated rings. The van der Waals surface area contributed by atoms with Crippen molar-refractivity contribution in [2.75, 3.05) is 71.0 Å². The van der Waals surface area contributed by atoms with Crippen LogP contribution in [0, 0.1) is 5.92 Å². The molecule has 13 nitrogen and oxygen atoms in total. The number of benzene rings is 2. The second kappa shape index (κ2) is 17.6. The fourth-order valence-electron chi connectivity index (χ4n) is 5.74. The van der Waals surface area contributed by atoms with Crippen LogP contribution in [0.25, 0.3) is 0 Å². The Morgan fingerprint density at radius 1 is 0.944 bits per heavy atom. The smallest absolute Gasteiger partial charge is 0.387 e. The van der Waals surface area contributed by atoms with E-state index in [1.165, 1.54) is 48.8 Å². The van der Waals surface area contributed by atoms with E-state index in [4.69, 9.17) is 32.7 Å². The van der Waals surface area contributed by atoms with E-state index < -0.39 is 47.1 Å². The average molecular weight is 814 g/mol. The molecule has 0 spiro atoms. The molecule has 54 heavy (non-hydrogen) atoms. The van der Waals surface area contributed by atoms with Crippen molar-refractivity contribution in [1.29, 1.82) is 0 Å². The van der Waals surface area contributed by atoms with Crippen LogP contribution in [0.4, 0.5) is 14.5 Å². The Labute approximate surface area is 322 Å². The number of fused-ring (bicyclic) bond motifs is 1. The zero-order valence-electron chi connectivity index (χ0n) is 30.2. The molecule has 18 heteroatoms. The largest absolute Gasteiger partial charge is 0.489 e. The topological polar surface area (TPSA) is 140 Å². The molecule has 1 aliphatic heterocycles. The highest BCUT2D eigenvalue weighted by molar-refractivity contribution is 7.92. The molecule has 0 bridgehead atoms. The van der Waals surface area contributed by atoms with Crippen LogP contribution in [0.15, 0.2) is 48.8 Å². The van der Waals surface area contributed by atoms with Crippen molar-refractivity contribution in [3.8, 4) is 11.5 Å². The van der Waals surface area contributed by atoms with E-state index >= 15 is 0 Å². The molecule has 0 unspecified atom stereocenters. The molecule has 1 saturated carbocycles. The molecule has 2 amide bonds. The number of imide groups is 1. The minimum Gasteiger partial charge on any atom is -0.489 e. The van der Waals surface area contributed by atoms with Crippen molar-refractivity contribution in [1.82, 2.24) is 14.7 Å². The Bertz CT molecular complexity index is 1970. The summed E-state index contributed by atoms with van der Waals surface area (Å²) in [5, 5.41) is 0.455. The van der Waals surface area contributed by atoms with Gasteiger partial charge in [0.15, 0.2) is 23.9 Å². The van der Waals surface area contributed by atoms with E-state index in [1.54, 1.807) is 0 Å². The van der Waals surface area contributed by atoms with E-state index in [9.17, 15) is 31.6 Å². The van der Waals surface area contributed by atoms with Crippen LogP contribution in [-0.2, 0) is 26.0 Å². The van der Waals surface area contributed by atoms with Crippen molar-refractivity contribution in [3.05, 3.63) is 81.1 Å². The minimum absolute atomic E-state index is 0.00387. The number of aromatic nitrogens is 1. The molecule has 2 aliphatic rings. The fraction of sp³-hybridized carbons (Fsp3) is 0.444. The highest BCUT2D eigenvalue weighted by atomic mass is 35.5. The van der Waals surface area contributed by atoms with Gasteiger partial charge in [0.05, 0.1) is 29.7 Å². The molecule has 5 rings (SSSR count). The van der Waals surface area contributed by atoms with Gasteiger partial charge < -0.3 is 24.0 Å². The standard InChI is InChI=1S/C36H41Cl2F2N5O8S/c1-42(2)11-12-43(3)13-14-45(54(4,49)50)24-8-9-25-26(16-24)35(48)44(34(25)47)20-33(46)52-31(17-27-28(37)18-41-19-29(27)38)23-7-10-30(53-36(39)40)32(15-23)51-21-22-5-6-22/h7-10,15-16,18-19,22,31,36H,5-6,11-14,17,20-21H2,1-4H3/p+1/t31-/m0/s1. The quantitative estimate of drug-likeness (QED) is 0.125. The van der Waals surface area contributed by atoms with Crippen molar-refractivity contribution in [2.45, 2.75) is 32.0 Å². The first-order chi connectivity index (χ1) is 25.5. The number of likely N-dealkylation sites (N-methyl/N-ethyl adjacent to an activating group) is 2.